The monoisotopic (exact) mass is 446 g/mol. The van der Waals surface area contributed by atoms with Gasteiger partial charge in [0, 0.05) is 6.08 Å². The van der Waals surface area contributed by atoms with Gasteiger partial charge in [-0.25, -0.2) is 9.78 Å². The molecule has 4 rings (SSSR count). The van der Waals surface area contributed by atoms with E-state index in [1.165, 1.54) is 18.4 Å². The molecular weight excluding hydrogens is 428 g/mol. The maximum atomic E-state index is 12.5. The minimum atomic E-state index is -0.506. The molecule has 1 amide bonds. The Morgan fingerprint density at radius 3 is 2.69 bits per heavy atom. The molecule has 0 unspecified atom stereocenters. The molecule has 0 saturated heterocycles. The van der Waals surface area contributed by atoms with Crippen molar-refractivity contribution in [3.63, 3.8) is 0 Å². The lowest BCUT2D eigenvalue weighted by molar-refractivity contribution is -0.111. The first-order valence-corrected chi connectivity index (χ1v) is 10.5. The van der Waals surface area contributed by atoms with Crippen LogP contribution in [-0.2, 0) is 16.1 Å². The number of carbonyl (C=O) groups is 2. The summed E-state index contributed by atoms with van der Waals surface area (Å²) >= 11 is 1.03. The van der Waals surface area contributed by atoms with Crippen LogP contribution < -0.4 is 10.7 Å². The third-order valence-electron chi connectivity index (χ3n) is 4.55. The number of thiazole rings is 1. The molecule has 0 aliphatic carbocycles. The summed E-state index contributed by atoms with van der Waals surface area (Å²) in [6.45, 7) is 1.82. The fourth-order valence-corrected chi connectivity index (χ4v) is 3.81. The predicted molar refractivity (Wildman–Crippen MR) is 123 cm³/mol. The number of aryl methyl sites for hydroxylation is 1. The number of hydrogen-bond donors (Lipinski definition) is 1. The largest absolute Gasteiger partial charge is 0.463 e. The highest BCUT2D eigenvalue weighted by molar-refractivity contribution is 7.17. The molecule has 2 aromatic carbocycles. The van der Waals surface area contributed by atoms with Crippen LogP contribution in [0.25, 0.3) is 17.0 Å². The van der Waals surface area contributed by atoms with Gasteiger partial charge in [-0.1, -0.05) is 53.8 Å². The van der Waals surface area contributed by atoms with Gasteiger partial charge in [0.25, 0.3) is 0 Å². The molecule has 32 heavy (non-hydrogen) atoms. The molecule has 0 aliphatic rings. The molecule has 160 valence electrons. The second kappa shape index (κ2) is 9.40. The molecule has 0 saturated carbocycles. The number of fused-ring (bicyclic) bond motifs is 1. The summed E-state index contributed by atoms with van der Waals surface area (Å²) in [6.07, 6.45) is 3.90. The lowest BCUT2D eigenvalue weighted by Crippen LogP contribution is -2.09. The number of anilines is 1. The molecular formula is C24H18N2O5S. The van der Waals surface area contributed by atoms with Crippen LogP contribution in [0, 0.1) is 6.92 Å². The zero-order valence-electron chi connectivity index (χ0n) is 17.0. The number of amides is 1. The van der Waals surface area contributed by atoms with Crippen molar-refractivity contribution in [1.29, 1.82) is 0 Å². The van der Waals surface area contributed by atoms with Crippen molar-refractivity contribution in [2.75, 3.05) is 5.32 Å². The molecule has 1 N–H and O–H groups in total. The van der Waals surface area contributed by atoms with Crippen LogP contribution in [0.3, 0.4) is 0 Å². The number of para-hydroxylation sites is 1. The number of nitrogens with one attached hydrogen (secondary N) is 1. The maximum absolute atomic E-state index is 12.5. The maximum Gasteiger partial charge on any atom is 0.350 e. The first-order valence-electron chi connectivity index (χ1n) is 9.69. The van der Waals surface area contributed by atoms with Crippen LogP contribution in [0.4, 0.5) is 5.13 Å². The summed E-state index contributed by atoms with van der Waals surface area (Å²) in [6, 6.07) is 16.2. The molecule has 0 aliphatic heterocycles. The lowest BCUT2D eigenvalue weighted by Gasteiger charge is -2.03. The van der Waals surface area contributed by atoms with Crippen LogP contribution in [0.1, 0.15) is 26.5 Å². The van der Waals surface area contributed by atoms with Crippen LogP contribution in [-0.4, -0.2) is 16.9 Å². The van der Waals surface area contributed by atoms with Crippen molar-refractivity contribution in [3.8, 4) is 0 Å². The summed E-state index contributed by atoms with van der Waals surface area (Å²) in [5, 5.41) is 3.29. The van der Waals surface area contributed by atoms with Crippen molar-refractivity contribution in [3.05, 3.63) is 98.9 Å². The van der Waals surface area contributed by atoms with E-state index in [1.54, 1.807) is 31.2 Å². The topological polar surface area (TPSA) is 98.5 Å². The Morgan fingerprint density at radius 1 is 1.12 bits per heavy atom. The van der Waals surface area contributed by atoms with Gasteiger partial charge in [0.05, 0.1) is 16.6 Å². The van der Waals surface area contributed by atoms with Crippen molar-refractivity contribution >= 4 is 45.4 Å². The average molecular weight is 446 g/mol. The zero-order valence-corrected chi connectivity index (χ0v) is 17.8. The number of esters is 1. The van der Waals surface area contributed by atoms with Crippen molar-refractivity contribution < 1.29 is 18.7 Å². The molecule has 0 bridgehead atoms. The van der Waals surface area contributed by atoms with E-state index in [-0.39, 0.29) is 22.7 Å². The molecule has 2 heterocycles. The number of carbonyl (C=O) groups excluding carboxylic acids is 2. The fraction of sp³-hybridized carbons (Fsp3) is 0.0833. The highest BCUT2D eigenvalue weighted by Gasteiger charge is 2.17. The van der Waals surface area contributed by atoms with E-state index < -0.39 is 11.9 Å². The van der Waals surface area contributed by atoms with Crippen LogP contribution in [0.2, 0.25) is 0 Å². The van der Waals surface area contributed by atoms with E-state index in [2.05, 4.69) is 10.3 Å². The molecule has 7 nitrogen and oxygen atoms in total. The third-order valence-corrected chi connectivity index (χ3v) is 5.60. The van der Waals surface area contributed by atoms with Crippen LogP contribution in [0.15, 0.2) is 76.1 Å². The molecule has 0 radical (unpaired) electrons. The first kappa shape index (κ1) is 21.2. The van der Waals surface area contributed by atoms with Gasteiger partial charge in [0.1, 0.15) is 23.3 Å². The molecule has 4 aromatic rings. The van der Waals surface area contributed by atoms with Gasteiger partial charge in [-0.15, -0.1) is 0 Å². The van der Waals surface area contributed by atoms with Gasteiger partial charge in [-0.2, -0.15) is 0 Å². The standard InChI is InChI=1S/C24H18N2O5S/c1-15-22(23(29)31-13-16-7-3-2-4-8-16)32-24(25-15)26-20(27)12-11-17-14-30-19-10-6-5-9-18(19)21(17)28/h2-12,14H,13H2,1H3,(H,25,26,27)/b12-11+. The lowest BCUT2D eigenvalue weighted by atomic mass is 10.1. The third kappa shape index (κ3) is 4.81. The van der Waals surface area contributed by atoms with Gasteiger partial charge in [0.2, 0.25) is 5.91 Å². The summed E-state index contributed by atoms with van der Waals surface area (Å²) in [5.74, 6) is -0.996. The molecule has 0 atom stereocenters. The number of aromatic nitrogens is 1. The Morgan fingerprint density at radius 2 is 1.88 bits per heavy atom. The molecule has 0 spiro atoms. The first-order chi connectivity index (χ1) is 15.5. The van der Waals surface area contributed by atoms with Crippen LogP contribution in [0.5, 0.6) is 0 Å². The quantitative estimate of drug-likeness (QED) is 0.344. The number of benzene rings is 2. The number of nitrogens with zero attached hydrogens (tertiary/aromatic N) is 1. The normalized spacial score (nSPS) is 11.0. The average Bonchev–Trinajstić information content (AvgIpc) is 3.17. The van der Waals surface area contributed by atoms with Gasteiger partial charge < -0.3 is 9.15 Å². The highest BCUT2D eigenvalue weighted by atomic mass is 32.1. The molecule has 2 aromatic heterocycles. The Balaban J connectivity index is 1.41. The zero-order chi connectivity index (χ0) is 22.5. The Hall–Kier alpha value is -4.04. The van der Waals surface area contributed by atoms with Crippen molar-refractivity contribution in [1.82, 2.24) is 4.98 Å². The van der Waals surface area contributed by atoms with E-state index >= 15 is 0 Å². The Kier molecular flexibility index (Phi) is 6.23. The van der Waals surface area contributed by atoms with Crippen molar-refractivity contribution in [2.45, 2.75) is 13.5 Å². The minimum Gasteiger partial charge on any atom is -0.463 e. The summed E-state index contributed by atoms with van der Waals surface area (Å²) in [5.41, 5.74) is 1.83. The smallest absolute Gasteiger partial charge is 0.350 e. The Bertz CT molecular complexity index is 1370. The minimum absolute atomic E-state index is 0.149. The van der Waals surface area contributed by atoms with E-state index in [0.717, 1.165) is 16.9 Å². The Labute approximate surface area is 187 Å². The van der Waals surface area contributed by atoms with Gasteiger partial charge >= 0.3 is 5.97 Å². The SMILES string of the molecule is Cc1nc(NC(=O)/C=C/c2coc3ccccc3c2=O)sc1C(=O)OCc1ccccc1. The number of hydrogen-bond acceptors (Lipinski definition) is 7. The summed E-state index contributed by atoms with van der Waals surface area (Å²) in [7, 11) is 0. The second-order valence-corrected chi connectivity index (χ2v) is 7.83. The van der Waals surface area contributed by atoms with Gasteiger partial charge in [-0.05, 0) is 30.7 Å². The fourth-order valence-electron chi connectivity index (χ4n) is 2.95. The van der Waals surface area contributed by atoms with E-state index in [4.69, 9.17) is 9.15 Å². The van der Waals surface area contributed by atoms with Crippen molar-refractivity contribution in [2.24, 2.45) is 0 Å². The van der Waals surface area contributed by atoms with E-state index in [9.17, 15) is 14.4 Å². The second-order valence-electron chi connectivity index (χ2n) is 6.83. The molecule has 0 fully saturated rings. The summed E-state index contributed by atoms with van der Waals surface area (Å²) in [4.78, 5) is 41.7. The van der Waals surface area contributed by atoms with E-state index in [1.807, 2.05) is 30.3 Å². The van der Waals surface area contributed by atoms with Gasteiger partial charge in [-0.3, -0.25) is 14.9 Å². The number of ether oxygens (including phenoxy) is 1. The number of rotatable bonds is 6. The summed E-state index contributed by atoms with van der Waals surface area (Å²) < 4.78 is 10.8. The highest BCUT2D eigenvalue weighted by Crippen LogP contribution is 2.24. The van der Waals surface area contributed by atoms with E-state index in [0.29, 0.717) is 21.5 Å². The van der Waals surface area contributed by atoms with Crippen LogP contribution >= 0.6 is 11.3 Å². The molecule has 8 heteroatoms. The van der Waals surface area contributed by atoms with Gasteiger partial charge in [0.15, 0.2) is 10.6 Å². The predicted octanol–water partition coefficient (Wildman–Crippen LogP) is 4.57.